The van der Waals surface area contributed by atoms with Crippen LogP contribution in [-0.4, -0.2) is 85.2 Å². The number of imidazole rings is 1. The lowest BCUT2D eigenvalue weighted by Crippen LogP contribution is -2.60. The van der Waals surface area contributed by atoms with E-state index < -0.39 is 59.9 Å². The molecule has 0 saturated heterocycles. The number of phenols is 1. The molecular weight excluding hydrogens is 514 g/mol. The molecule has 0 saturated carbocycles. The van der Waals surface area contributed by atoms with Crippen molar-refractivity contribution < 1.29 is 39.3 Å². The van der Waals surface area contributed by atoms with E-state index in [1.165, 1.54) is 43.7 Å². The van der Waals surface area contributed by atoms with Gasteiger partial charge in [0, 0.05) is 31.2 Å². The molecule has 0 fully saturated rings. The summed E-state index contributed by atoms with van der Waals surface area (Å²) in [5, 5.41) is 36.4. The van der Waals surface area contributed by atoms with E-state index in [4.69, 9.17) is 11.5 Å². The number of nitrogens with two attached hydrogens (primary N) is 2. The number of nitrogens with zero attached hydrogens (tertiary/aromatic N) is 1. The number of aliphatic hydroxyl groups is 1. The Balaban J connectivity index is 2.19. The van der Waals surface area contributed by atoms with E-state index in [0.717, 1.165) is 0 Å². The van der Waals surface area contributed by atoms with Crippen LogP contribution in [0.2, 0.25) is 0 Å². The lowest BCUT2D eigenvalue weighted by molar-refractivity contribution is -0.143. The molecule has 0 aliphatic heterocycles. The van der Waals surface area contributed by atoms with Crippen LogP contribution in [0.3, 0.4) is 0 Å². The fourth-order valence-electron chi connectivity index (χ4n) is 3.52. The van der Waals surface area contributed by atoms with Crippen LogP contribution in [0, 0.1) is 0 Å². The lowest BCUT2D eigenvalue weighted by atomic mass is 10.0. The Bertz CT molecular complexity index is 1140. The van der Waals surface area contributed by atoms with Crippen molar-refractivity contribution in [3.8, 4) is 5.75 Å². The number of hydrogen-bond donors (Lipinski definition) is 9. The third kappa shape index (κ3) is 10.1. The molecule has 15 nitrogen and oxygen atoms in total. The highest BCUT2D eigenvalue weighted by Crippen LogP contribution is 2.12. The van der Waals surface area contributed by atoms with Gasteiger partial charge in [-0.15, -0.1) is 0 Å². The molecule has 0 aliphatic rings. The molecular formula is C24H33N7O8. The van der Waals surface area contributed by atoms with Gasteiger partial charge in [-0.05, 0) is 31.0 Å². The number of aliphatic hydroxyl groups excluding tert-OH is 1. The summed E-state index contributed by atoms with van der Waals surface area (Å²) in [6, 6.07) is 0.348. The number of benzene rings is 1. The number of carbonyl (C=O) groups excluding carboxylic acids is 4. The lowest BCUT2D eigenvalue weighted by Gasteiger charge is -2.26. The number of aliphatic carboxylic acids is 1. The number of nitrogens with one attached hydrogen (secondary N) is 4. The van der Waals surface area contributed by atoms with Crippen molar-refractivity contribution in [2.24, 2.45) is 11.5 Å². The minimum atomic E-state index is -1.58. The van der Waals surface area contributed by atoms with Crippen LogP contribution in [-0.2, 0) is 36.8 Å². The highest BCUT2D eigenvalue weighted by molar-refractivity contribution is 5.94. The molecule has 0 bridgehead atoms. The van der Waals surface area contributed by atoms with Crippen molar-refractivity contribution in [1.29, 1.82) is 0 Å². The zero-order valence-electron chi connectivity index (χ0n) is 21.2. The molecule has 4 amide bonds. The number of H-pyrrole nitrogens is 1. The molecule has 11 N–H and O–H groups in total. The molecule has 1 aromatic carbocycles. The number of hydrogen-bond acceptors (Lipinski definition) is 9. The Morgan fingerprint density at radius 1 is 0.974 bits per heavy atom. The zero-order chi connectivity index (χ0) is 29.1. The molecule has 2 aromatic rings. The maximum absolute atomic E-state index is 13.2. The highest BCUT2D eigenvalue weighted by Gasteiger charge is 2.33. The highest BCUT2D eigenvalue weighted by atomic mass is 16.4. The zero-order valence-corrected chi connectivity index (χ0v) is 21.2. The van der Waals surface area contributed by atoms with Gasteiger partial charge in [0.25, 0.3) is 0 Å². The largest absolute Gasteiger partial charge is 0.508 e. The number of aromatic hydroxyl groups is 1. The second-order valence-corrected chi connectivity index (χ2v) is 8.95. The average molecular weight is 548 g/mol. The van der Waals surface area contributed by atoms with Crippen LogP contribution in [0.1, 0.15) is 31.0 Å². The predicted octanol–water partition coefficient (Wildman–Crippen LogP) is -2.59. The Labute approximate surface area is 223 Å². The van der Waals surface area contributed by atoms with Crippen molar-refractivity contribution in [3.63, 3.8) is 0 Å². The summed E-state index contributed by atoms with van der Waals surface area (Å²) in [5.41, 5.74) is 11.9. The van der Waals surface area contributed by atoms with Crippen molar-refractivity contribution >= 4 is 29.6 Å². The summed E-state index contributed by atoms with van der Waals surface area (Å²) in [5.74, 6) is -4.64. The molecule has 0 spiro atoms. The van der Waals surface area contributed by atoms with Gasteiger partial charge < -0.3 is 47.7 Å². The van der Waals surface area contributed by atoms with Gasteiger partial charge in [0.15, 0.2) is 0 Å². The molecule has 212 valence electrons. The van der Waals surface area contributed by atoms with E-state index in [1.807, 2.05) is 0 Å². The second-order valence-electron chi connectivity index (χ2n) is 8.95. The van der Waals surface area contributed by atoms with Gasteiger partial charge in [-0.2, -0.15) is 0 Å². The predicted molar refractivity (Wildman–Crippen MR) is 136 cm³/mol. The second kappa shape index (κ2) is 14.4. The molecule has 1 heterocycles. The Morgan fingerprint density at radius 3 is 2.15 bits per heavy atom. The van der Waals surface area contributed by atoms with Gasteiger partial charge in [-0.1, -0.05) is 12.1 Å². The summed E-state index contributed by atoms with van der Waals surface area (Å²) in [6.07, 6.45) is 0.837. The molecule has 5 unspecified atom stereocenters. The number of carbonyl (C=O) groups is 5. The minimum Gasteiger partial charge on any atom is -0.508 e. The van der Waals surface area contributed by atoms with Gasteiger partial charge in [0.2, 0.25) is 23.6 Å². The van der Waals surface area contributed by atoms with Gasteiger partial charge in [-0.25, -0.2) is 9.78 Å². The van der Waals surface area contributed by atoms with E-state index in [1.54, 1.807) is 0 Å². The number of carboxylic acids is 1. The van der Waals surface area contributed by atoms with Gasteiger partial charge in [-0.3, -0.25) is 19.2 Å². The van der Waals surface area contributed by atoms with Crippen LogP contribution < -0.4 is 27.4 Å². The van der Waals surface area contributed by atoms with Crippen molar-refractivity contribution in [2.45, 2.75) is 62.9 Å². The van der Waals surface area contributed by atoms with E-state index in [9.17, 15) is 39.3 Å². The van der Waals surface area contributed by atoms with Gasteiger partial charge in [0.05, 0.1) is 18.5 Å². The first-order valence-electron chi connectivity index (χ1n) is 12.0. The van der Waals surface area contributed by atoms with E-state index >= 15 is 0 Å². The Kier molecular flexibility index (Phi) is 11.4. The monoisotopic (exact) mass is 547 g/mol. The van der Waals surface area contributed by atoms with Crippen LogP contribution >= 0.6 is 0 Å². The number of carboxylic acid groups (broad SMARTS) is 1. The number of phenolic OH excluding ortho intramolecular Hbond substituents is 1. The minimum absolute atomic E-state index is 0.0220. The maximum Gasteiger partial charge on any atom is 0.326 e. The van der Waals surface area contributed by atoms with Crippen LogP contribution in [0.5, 0.6) is 5.75 Å². The summed E-state index contributed by atoms with van der Waals surface area (Å²) < 4.78 is 0. The number of primary amides is 1. The normalized spacial score (nSPS) is 14.7. The number of aromatic nitrogens is 2. The molecule has 0 aliphatic carbocycles. The smallest absolute Gasteiger partial charge is 0.326 e. The molecule has 5 atom stereocenters. The maximum atomic E-state index is 13.2. The summed E-state index contributed by atoms with van der Waals surface area (Å²) in [7, 11) is 0. The van der Waals surface area contributed by atoms with Gasteiger partial charge >= 0.3 is 5.97 Å². The first kappa shape index (κ1) is 30.7. The van der Waals surface area contributed by atoms with Crippen molar-refractivity contribution in [3.05, 3.63) is 48.0 Å². The van der Waals surface area contributed by atoms with Crippen LogP contribution in [0.25, 0.3) is 0 Å². The SMILES string of the molecule is CC(O)C(NC(=O)C(Cc1ccc(O)cc1)NC(=O)C(N)CCC(N)=O)C(=O)NC(Cc1cnc[nH]1)C(=O)O. The Morgan fingerprint density at radius 2 is 1.62 bits per heavy atom. The standard InChI is InChI=1S/C24H33N7O8/c1-12(32)20(23(37)30-18(24(38)39)9-14-10-27-11-28-14)31-22(36)17(8-13-2-4-15(33)5-3-13)29-21(35)16(25)6-7-19(26)34/h2-5,10-12,16-18,20,32-33H,6-9,25H2,1H3,(H2,26,34)(H,27,28)(H,29,35)(H,30,37)(H,31,36)(H,38,39). The van der Waals surface area contributed by atoms with Crippen molar-refractivity contribution in [1.82, 2.24) is 25.9 Å². The van der Waals surface area contributed by atoms with E-state index in [2.05, 4.69) is 25.9 Å². The summed E-state index contributed by atoms with van der Waals surface area (Å²) >= 11 is 0. The van der Waals surface area contributed by atoms with E-state index in [-0.39, 0.29) is 31.4 Å². The fourth-order valence-corrected chi connectivity index (χ4v) is 3.52. The molecule has 1 aromatic heterocycles. The quantitative estimate of drug-likeness (QED) is 0.112. The molecule has 0 radical (unpaired) electrons. The number of aromatic amines is 1. The first-order valence-corrected chi connectivity index (χ1v) is 12.0. The topological polar surface area (TPSA) is 263 Å². The molecule has 39 heavy (non-hydrogen) atoms. The van der Waals surface area contributed by atoms with E-state index in [0.29, 0.717) is 11.3 Å². The van der Waals surface area contributed by atoms with Gasteiger partial charge in [0.1, 0.15) is 23.9 Å². The number of rotatable bonds is 15. The third-order valence-electron chi connectivity index (χ3n) is 5.70. The Hall–Kier alpha value is -4.50. The first-order chi connectivity index (χ1) is 18.4. The van der Waals surface area contributed by atoms with Crippen LogP contribution in [0.15, 0.2) is 36.8 Å². The van der Waals surface area contributed by atoms with Crippen LogP contribution in [0.4, 0.5) is 0 Å². The average Bonchev–Trinajstić information content (AvgIpc) is 3.38. The summed E-state index contributed by atoms with van der Waals surface area (Å²) in [4.78, 5) is 68.0. The number of amides is 4. The van der Waals surface area contributed by atoms with Crippen molar-refractivity contribution in [2.75, 3.05) is 0 Å². The fraction of sp³-hybridized carbons (Fsp3) is 0.417. The molecule has 15 heteroatoms. The molecule has 2 rings (SSSR count). The summed E-state index contributed by atoms with van der Waals surface area (Å²) in [6.45, 7) is 1.22. The third-order valence-corrected chi connectivity index (χ3v) is 5.70.